The van der Waals surface area contributed by atoms with Crippen LogP contribution < -0.4 is 4.72 Å². The van der Waals surface area contributed by atoms with Crippen molar-refractivity contribution in [2.75, 3.05) is 13.2 Å². The Labute approximate surface area is 179 Å². The van der Waals surface area contributed by atoms with Crippen molar-refractivity contribution in [3.05, 3.63) is 29.8 Å². The van der Waals surface area contributed by atoms with Gasteiger partial charge in [0.15, 0.2) is 6.10 Å². The molecule has 1 heterocycles. The van der Waals surface area contributed by atoms with Crippen LogP contribution in [-0.4, -0.2) is 62.6 Å². The molecule has 0 bridgehead atoms. The van der Waals surface area contributed by atoms with Crippen LogP contribution in [-0.2, 0) is 24.3 Å². The van der Waals surface area contributed by atoms with Crippen molar-refractivity contribution in [1.29, 1.82) is 0 Å². The smallest absolute Gasteiger partial charge is 0.338 e. The van der Waals surface area contributed by atoms with E-state index in [1.807, 2.05) is 27.7 Å². The first kappa shape index (κ1) is 24.3. The molecule has 1 fully saturated rings. The number of nitrogens with zero attached hydrogens (tertiary/aromatic N) is 1. The van der Waals surface area contributed by atoms with Crippen LogP contribution in [0.5, 0.6) is 0 Å². The fourth-order valence-corrected chi connectivity index (χ4v) is 4.52. The van der Waals surface area contributed by atoms with Crippen LogP contribution in [0, 0.1) is 0 Å². The first-order chi connectivity index (χ1) is 14.0. The van der Waals surface area contributed by atoms with E-state index in [4.69, 9.17) is 9.47 Å². The number of esters is 1. The largest absolute Gasteiger partial charge is 0.449 e. The molecule has 0 radical (unpaired) electrons. The number of sulfonamides is 1. The van der Waals surface area contributed by atoms with Crippen LogP contribution in [0.25, 0.3) is 0 Å². The van der Waals surface area contributed by atoms with E-state index in [2.05, 4.69) is 4.72 Å². The lowest BCUT2D eigenvalue weighted by molar-refractivity contribution is -0.143. The van der Waals surface area contributed by atoms with Gasteiger partial charge in [0.1, 0.15) is 0 Å². The standard InChI is InChI=1S/C21H32N2O6S/c1-14(2)23(15(3)4)20(24)16(5)29-21(25)17-8-10-19(11-9-17)30(26,27)22-13-18-7-6-12-28-18/h8-11,14-16,18,22H,6-7,12-13H2,1-5H3. The SMILES string of the molecule is CC(OC(=O)c1ccc(S(=O)(=O)NCC2CCCO2)cc1)C(=O)N(C(C)C)C(C)C. The Bertz CT molecular complexity index is 822. The minimum atomic E-state index is -3.70. The van der Waals surface area contributed by atoms with Crippen LogP contribution in [0.4, 0.5) is 0 Å². The zero-order valence-corrected chi connectivity index (χ0v) is 19.1. The van der Waals surface area contributed by atoms with Gasteiger partial charge in [-0.3, -0.25) is 4.79 Å². The summed E-state index contributed by atoms with van der Waals surface area (Å²) in [7, 11) is -3.70. The maximum Gasteiger partial charge on any atom is 0.338 e. The molecule has 2 unspecified atom stereocenters. The molecule has 1 saturated heterocycles. The van der Waals surface area contributed by atoms with E-state index in [-0.39, 0.29) is 41.1 Å². The van der Waals surface area contributed by atoms with Gasteiger partial charge in [-0.05, 0) is 71.7 Å². The van der Waals surface area contributed by atoms with Crippen molar-refractivity contribution in [2.24, 2.45) is 0 Å². The molecule has 168 valence electrons. The molecule has 0 saturated carbocycles. The number of ether oxygens (including phenoxy) is 2. The van der Waals surface area contributed by atoms with E-state index in [1.165, 1.54) is 31.2 Å². The van der Waals surface area contributed by atoms with Crippen molar-refractivity contribution < 1.29 is 27.5 Å². The Morgan fingerprint density at radius 3 is 2.23 bits per heavy atom. The van der Waals surface area contributed by atoms with Gasteiger partial charge in [0, 0.05) is 25.2 Å². The highest BCUT2D eigenvalue weighted by molar-refractivity contribution is 7.89. The average Bonchev–Trinajstić information content (AvgIpc) is 3.19. The summed E-state index contributed by atoms with van der Waals surface area (Å²) in [6.07, 6.45) is 0.703. The summed E-state index contributed by atoms with van der Waals surface area (Å²) >= 11 is 0. The number of rotatable bonds is 9. The molecule has 1 aromatic rings. The molecule has 8 nitrogen and oxygen atoms in total. The highest BCUT2D eigenvalue weighted by Crippen LogP contribution is 2.16. The Morgan fingerprint density at radius 2 is 1.73 bits per heavy atom. The van der Waals surface area contributed by atoms with E-state index in [0.29, 0.717) is 6.61 Å². The van der Waals surface area contributed by atoms with Gasteiger partial charge < -0.3 is 14.4 Å². The van der Waals surface area contributed by atoms with Crippen molar-refractivity contribution >= 4 is 21.9 Å². The maximum absolute atomic E-state index is 12.6. The summed E-state index contributed by atoms with van der Waals surface area (Å²) in [4.78, 5) is 26.7. The third kappa shape index (κ3) is 6.26. The molecule has 1 N–H and O–H groups in total. The highest BCUT2D eigenvalue weighted by atomic mass is 32.2. The topological polar surface area (TPSA) is 102 Å². The van der Waals surface area contributed by atoms with Gasteiger partial charge in [-0.2, -0.15) is 0 Å². The molecule has 1 aliphatic rings. The lowest BCUT2D eigenvalue weighted by Crippen LogP contribution is -2.47. The number of carbonyl (C=O) groups is 2. The van der Waals surface area contributed by atoms with Gasteiger partial charge in [-0.15, -0.1) is 0 Å². The molecule has 30 heavy (non-hydrogen) atoms. The average molecular weight is 441 g/mol. The molecular formula is C21H32N2O6S. The number of hydrogen-bond acceptors (Lipinski definition) is 6. The van der Waals surface area contributed by atoms with E-state index in [0.717, 1.165) is 12.8 Å². The van der Waals surface area contributed by atoms with Crippen LogP contribution >= 0.6 is 0 Å². The van der Waals surface area contributed by atoms with Gasteiger partial charge in [0.2, 0.25) is 10.0 Å². The maximum atomic E-state index is 12.6. The second kappa shape index (κ2) is 10.4. The second-order valence-corrected chi connectivity index (χ2v) is 9.76. The summed E-state index contributed by atoms with van der Waals surface area (Å²) in [5.74, 6) is -0.953. The molecule has 2 rings (SSSR count). The third-order valence-electron chi connectivity index (χ3n) is 4.92. The van der Waals surface area contributed by atoms with E-state index < -0.39 is 22.1 Å². The molecule has 0 aliphatic carbocycles. The van der Waals surface area contributed by atoms with Gasteiger partial charge in [0.25, 0.3) is 5.91 Å². The fraction of sp³-hybridized carbons (Fsp3) is 0.619. The van der Waals surface area contributed by atoms with Crippen LogP contribution in [0.1, 0.15) is 57.8 Å². The van der Waals surface area contributed by atoms with Gasteiger partial charge >= 0.3 is 5.97 Å². The molecule has 1 amide bonds. The molecule has 1 aliphatic heterocycles. The van der Waals surface area contributed by atoms with Crippen molar-refractivity contribution in [1.82, 2.24) is 9.62 Å². The summed E-state index contributed by atoms with van der Waals surface area (Å²) in [6.45, 7) is 10.0. The molecule has 0 aromatic heterocycles. The number of benzene rings is 1. The van der Waals surface area contributed by atoms with Gasteiger partial charge in [-0.25, -0.2) is 17.9 Å². The Kier molecular flexibility index (Phi) is 8.40. The van der Waals surface area contributed by atoms with E-state index in [9.17, 15) is 18.0 Å². The molecular weight excluding hydrogens is 408 g/mol. The minimum Gasteiger partial charge on any atom is -0.449 e. The zero-order chi connectivity index (χ0) is 22.5. The summed E-state index contributed by atoms with van der Waals surface area (Å²) < 4.78 is 38.1. The first-order valence-electron chi connectivity index (χ1n) is 10.3. The van der Waals surface area contributed by atoms with E-state index >= 15 is 0 Å². The van der Waals surface area contributed by atoms with Crippen LogP contribution in [0.2, 0.25) is 0 Å². The van der Waals surface area contributed by atoms with Crippen LogP contribution in [0.3, 0.4) is 0 Å². The van der Waals surface area contributed by atoms with E-state index in [1.54, 1.807) is 4.90 Å². The summed E-state index contributed by atoms with van der Waals surface area (Å²) in [5, 5.41) is 0. The first-order valence-corrected chi connectivity index (χ1v) is 11.8. The Balaban J connectivity index is 1.99. The third-order valence-corrected chi connectivity index (χ3v) is 6.36. The fourth-order valence-electron chi connectivity index (χ4n) is 3.46. The second-order valence-electron chi connectivity index (χ2n) is 7.99. The number of amides is 1. The number of hydrogen-bond donors (Lipinski definition) is 1. The van der Waals surface area contributed by atoms with Crippen molar-refractivity contribution in [3.63, 3.8) is 0 Å². The van der Waals surface area contributed by atoms with Crippen molar-refractivity contribution in [3.8, 4) is 0 Å². The monoisotopic (exact) mass is 440 g/mol. The normalized spacial score (nSPS) is 17.9. The lowest BCUT2D eigenvalue weighted by Gasteiger charge is -2.32. The predicted molar refractivity (Wildman–Crippen MR) is 113 cm³/mol. The summed E-state index contributed by atoms with van der Waals surface area (Å²) in [6, 6.07) is 5.40. The molecule has 9 heteroatoms. The zero-order valence-electron chi connectivity index (χ0n) is 18.3. The molecule has 2 atom stereocenters. The molecule has 0 spiro atoms. The summed E-state index contributed by atoms with van der Waals surface area (Å²) in [5.41, 5.74) is 0.174. The Hall–Kier alpha value is -1.97. The highest BCUT2D eigenvalue weighted by Gasteiger charge is 2.28. The van der Waals surface area contributed by atoms with Gasteiger partial charge in [-0.1, -0.05) is 0 Å². The Morgan fingerprint density at radius 1 is 1.13 bits per heavy atom. The van der Waals surface area contributed by atoms with Crippen LogP contribution in [0.15, 0.2) is 29.2 Å². The predicted octanol–water partition coefficient (Wildman–Crippen LogP) is 2.33. The quantitative estimate of drug-likeness (QED) is 0.592. The van der Waals surface area contributed by atoms with Gasteiger partial charge in [0.05, 0.1) is 16.6 Å². The minimum absolute atomic E-state index is 0.0229. The number of nitrogens with one attached hydrogen (secondary N) is 1. The molecule has 1 aromatic carbocycles. The number of carbonyl (C=O) groups excluding carboxylic acids is 2. The van der Waals surface area contributed by atoms with Crippen molar-refractivity contribution in [2.45, 2.75) is 76.6 Å². The lowest BCUT2D eigenvalue weighted by atomic mass is 10.2.